The number of hydrogen-bond acceptors (Lipinski definition) is 3. The van der Waals surface area contributed by atoms with Crippen LogP contribution in [0.2, 0.25) is 5.02 Å². The van der Waals surface area contributed by atoms with Crippen LogP contribution in [0.15, 0.2) is 36.4 Å². The summed E-state index contributed by atoms with van der Waals surface area (Å²) in [5.74, 6) is 1.70. The monoisotopic (exact) mass is 361 g/mol. The van der Waals surface area contributed by atoms with Crippen molar-refractivity contribution in [2.75, 3.05) is 18.5 Å². The lowest BCUT2D eigenvalue weighted by molar-refractivity contribution is -0.118. The molecule has 2 rings (SSSR count). The van der Waals surface area contributed by atoms with Gasteiger partial charge in [-0.05, 0) is 67.3 Å². The van der Waals surface area contributed by atoms with Crippen molar-refractivity contribution in [2.45, 2.75) is 27.7 Å². The van der Waals surface area contributed by atoms with Gasteiger partial charge >= 0.3 is 0 Å². The standard InChI is InChI=1S/C20H24ClNO3/c1-13(2)11-24-17-7-5-16(6-8-17)22-20(23)12-25-19-10-9-18(21)14(3)15(19)4/h5-10,13H,11-12H2,1-4H3,(H,22,23). The minimum atomic E-state index is -0.220. The van der Waals surface area contributed by atoms with E-state index in [0.29, 0.717) is 29.0 Å². The fourth-order valence-electron chi connectivity index (χ4n) is 2.16. The van der Waals surface area contributed by atoms with Crippen molar-refractivity contribution in [3.05, 3.63) is 52.5 Å². The summed E-state index contributed by atoms with van der Waals surface area (Å²) in [6.45, 7) is 8.64. The van der Waals surface area contributed by atoms with Gasteiger partial charge in [0.2, 0.25) is 0 Å². The zero-order valence-electron chi connectivity index (χ0n) is 15.1. The first-order chi connectivity index (χ1) is 11.9. The van der Waals surface area contributed by atoms with Crippen molar-refractivity contribution in [1.29, 1.82) is 0 Å². The van der Waals surface area contributed by atoms with Crippen LogP contribution in [0.4, 0.5) is 5.69 Å². The molecule has 2 aromatic rings. The molecule has 0 fully saturated rings. The highest BCUT2D eigenvalue weighted by Gasteiger charge is 2.09. The van der Waals surface area contributed by atoms with E-state index in [1.165, 1.54) is 0 Å². The second-order valence-electron chi connectivity index (χ2n) is 6.36. The third-order valence-electron chi connectivity index (χ3n) is 3.75. The second kappa shape index (κ2) is 8.77. The third-order valence-corrected chi connectivity index (χ3v) is 4.16. The molecule has 0 heterocycles. The maximum atomic E-state index is 12.1. The molecule has 0 atom stereocenters. The smallest absolute Gasteiger partial charge is 0.262 e. The fourth-order valence-corrected chi connectivity index (χ4v) is 2.36. The number of amides is 1. The summed E-state index contributed by atoms with van der Waals surface area (Å²) in [5, 5.41) is 3.49. The van der Waals surface area contributed by atoms with Gasteiger partial charge in [0.25, 0.3) is 5.91 Å². The molecule has 25 heavy (non-hydrogen) atoms. The van der Waals surface area contributed by atoms with E-state index in [-0.39, 0.29) is 12.5 Å². The Kier molecular flexibility index (Phi) is 6.71. The Labute approximate surface area is 154 Å². The lowest BCUT2D eigenvalue weighted by atomic mass is 10.1. The molecule has 0 saturated carbocycles. The molecule has 134 valence electrons. The molecule has 0 aliphatic heterocycles. The van der Waals surface area contributed by atoms with Crippen LogP contribution in [0.1, 0.15) is 25.0 Å². The van der Waals surface area contributed by atoms with Gasteiger partial charge in [-0.1, -0.05) is 25.4 Å². The first-order valence-electron chi connectivity index (χ1n) is 8.28. The molecule has 5 heteroatoms. The van der Waals surface area contributed by atoms with E-state index in [2.05, 4.69) is 19.2 Å². The number of nitrogens with one attached hydrogen (secondary N) is 1. The zero-order chi connectivity index (χ0) is 18.4. The van der Waals surface area contributed by atoms with E-state index in [0.717, 1.165) is 16.9 Å². The first kappa shape index (κ1) is 19.1. The molecule has 0 saturated heterocycles. The van der Waals surface area contributed by atoms with Crippen LogP contribution < -0.4 is 14.8 Å². The number of benzene rings is 2. The number of rotatable bonds is 7. The van der Waals surface area contributed by atoms with Gasteiger partial charge < -0.3 is 14.8 Å². The maximum absolute atomic E-state index is 12.1. The fraction of sp³-hybridized carbons (Fsp3) is 0.350. The predicted octanol–water partition coefficient (Wildman–Crippen LogP) is 5.01. The quantitative estimate of drug-likeness (QED) is 0.754. The van der Waals surface area contributed by atoms with Crippen molar-refractivity contribution in [3.63, 3.8) is 0 Å². The Balaban J connectivity index is 1.87. The summed E-state index contributed by atoms with van der Waals surface area (Å²) < 4.78 is 11.2. The lowest BCUT2D eigenvalue weighted by Gasteiger charge is -2.12. The normalized spacial score (nSPS) is 10.6. The van der Waals surface area contributed by atoms with E-state index in [1.54, 1.807) is 12.1 Å². The van der Waals surface area contributed by atoms with E-state index in [4.69, 9.17) is 21.1 Å². The Hall–Kier alpha value is -2.20. The van der Waals surface area contributed by atoms with Crippen molar-refractivity contribution in [3.8, 4) is 11.5 Å². The minimum Gasteiger partial charge on any atom is -0.493 e. The molecule has 1 N–H and O–H groups in total. The van der Waals surface area contributed by atoms with Crippen molar-refractivity contribution in [2.24, 2.45) is 5.92 Å². The summed E-state index contributed by atoms with van der Waals surface area (Å²) in [6, 6.07) is 10.8. The van der Waals surface area contributed by atoms with E-state index in [1.807, 2.05) is 38.1 Å². The Morgan fingerprint density at radius 3 is 2.36 bits per heavy atom. The Morgan fingerprint density at radius 2 is 1.72 bits per heavy atom. The summed E-state index contributed by atoms with van der Waals surface area (Å²) in [7, 11) is 0. The minimum absolute atomic E-state index is 0.0620. The average molecular weight is 362 g/mol. The van der Waals surface area contributed by atoms with E-state index >= 15 is 0 Å². The van der Waals surface area contributed by atoms with Crippen molar-refractivity contribution >= 4 is 23.2 Å². The molecular formula is C20H24ClNO3. The van der Waals surface area contributed by atoms with Gasteiger partial charge in [0.05, 0.1) is 6.61 Å². The van der Waals surface area contributed by atoms with Crippen LogP contribution in [-0.4, -0.2) is 19.1 Å². The zero-order valence-corrected chi connectivity index (χ0v) is 15.8. The highest BCUT2D eigenvalue weighted by Crippen LogP contribution is 2.27. The van der Waals surface area contributed by atoms with Crippen molar-refractivity contribution in [1.82, 2.24) is 0 Å². The highest BCUT2D eigenvalue weighted by atomic mass is 35.5. The summed E-state index contributed by atoms with van der Waals surface area (Å²) in [6.07, 6.45) is 0. The topological polar surface area (TPSA) is 47.6 Å². The highest BCUT2D eigenvalue weighted by molar-refractivity contribution is 6.31. The van der Waals surface area contributed by atoms with E-state index < -0.39 is 0 Å². The number of carbonyl (C=O) groups excluding carboxylic acids is 1. The van der Waals surface area contributed by atoms with Gasteiger partial charge in [-0.3, -0.25) is 4.79 Å². The predicted molar refractivity (Wildman–Crippen MR) is 102 cm³/mol. The van der Waals surface area contributed by atoms with Crippen molar-refractivity contribution < 1.29 is 14.3 Å². The van der Waals surface area contributed by atoms with Crippen LogP contribution in [0, 0.1) is 19.8 Å². The van der Waals surface area contributed by atoms with Gasteiger partial charge in [-0.2, -0.15) is 0 Å². The molecule has 0 spiro atoms. The lowest BCUT2D eigenvalue weighted by Crippen LogP contribution is -2.20. The Bertz CT molecular complexity index is 726. The van der Waals surface area contributed by atoms with Gasteiger partial charge in [0.1, 0.15) is 11.5 Å². The second-order valence-corrected chi connectivity index (χ2v) is 6.77. The molecule has 0 aliphatic carbocycles. The van der Waals surface area contributed by atoms with Crippen LogP contribution >= 0.6 is 11.6 Å². The maximum Gasteiger partial charge on any atom is 0.262 e. The summed E-state index contributed by atoms with van der Waals surface area (Å²) in [4.78, 5) is 12.1. The first-order valence-corrected chi connectivity index (χ1v) is 8.66. The Morgan fingerprint density at radius 1 is 1.04 bits per heavy atom. The number of ether oxygens (including phenoxy) is 2. The largest absolute Gasteiger partial charge is 0.493 e. The van der Waals surface area contributed by atoms with Gasteiger partial charge in [0, 0.05) is 10.7 Å². The SMILES string of the molecule is Cc1c(Cl)ccc(OCC(=O)Nc2ccc(OCC(C)C)cc2)c1C. The number of anilines is 1. The van der Waals surface area contributed by atoms with Crippen LogP contribution in [0.3, 0.4) is 0 Å². The molecule has 0 unspecified atom stereocenters. The molecule has 0 radical (unpaired) electrons. The molecule has 0 bridgehead atoms. The van der Waals surface area contributed by atoms with Crippen LogP contribution in [0.5, 0.6) is 11.5 Å². The molecule has 4 nitrogen and oxygen atoms in total. The summed E-state index contributed by atoms with van der Waals surface area (Å²) >= 11 is 6.06. The van der Waals surface area contributed by atoms with Gasteiger partial charge in [-0.15, -0.1) is 0 Å². The molecule has 1 amide bonds. The molecule has 0 aromatic heterocycles. The molecular weight excluding hydrogens is 338 g/mol. The number of halogens is 1. The summed E-state index contributed by atoms with van der Waals surface area (Å²) in [5.41, 5.74) is 2.60. The molecule has 0 aliphatic rings. The number of carbonyl (C=O) groups is 1. The average Bonchev–Trinajstić information content (AvgIpc) is 2.58. The van der Waals surface area contributed by atoms with Crippen LogP contribution in [0.25, 0.3) is 0 Å². The third kappa shape index (κ3) is 5.68. The number of hydrogen-bond donors (Lipinski definition) is 1. The van der Waals surface area contributed by atoms with Gasteiger partial charge in [-0.25, -0.2) is 0 Å². The molecule has 2 aromatic carbocycles. The van der Waals surface area contributed by atoms with E-state index in [9.17, 15) is 4.79 Å². The van der Waals surface area contributed by atoms with Crippen LogP contribution in [-0.2, 0) is 4.79 Å². The van der Waals surface area contributed by atoms with Gasteiger partial charge in [0.15, 0.2) is 6.61 Å².